The quantitative estimate of drug-likeness (QED) is 0.787. The molecule has 86 valence electrons. The molecule has 4 nitrogen and oxygen atoms in total. The predicted octanol–water partition coefficient (Wildman–Crippen LogP) is 1.32. The van der Waals surface area contributed by atoms with E-state index in [1.807, 2.05) is 30.3 Å². The summed E-state index contributed by atoms with van der Waals surface area (Å²) in [5.74, 6) is -0.926. The molecule has 0 fully saturated rings. The van der Waals surface area contributed by atoms with Gasteiger partial charge in [-0.3, -0.25) is 9.59 Å². The van der Waals surface area contributed by atoms with Gasteiger partial charge in [0.15, 0.2) is 0 Å². The minimum absolute atomic E-state index is 0.184. The summed E-state index contributed by atoms with van der Waals surface area (Å²) in [5, 5.41) is 8.52. The number of thioether (sulfide) groups is 1. The first-order valence-corrected chi connectivity index (χ1v) is 5.72. The van der Waals surface area contributed by atoms with Crippen LogP contribution in [0.15, 0.2) is 35.2 Å². The number of likely N-dealkylation sites (N-methyl/N-ethyl adjacent to an activating group) is 1. The second kappa shape index (κ2) is 6.17. The van der Waals surface area contributed by atoms with E-state index in [9.17, 15) is 9.59 Å². The molecule has 1 aromatic rings. The van der Waals surface area contributed by atoms with Crippen molar-refractivity contribution in [3.05, 3.63) is 30.3 Å². The SMILES string of the molecule is CN(CC(=O)O)C(=O)CSc1ccccc1. The Labute approximate surface area is 98.3 Å². The number of carboxylic acid groups (broad SMARTS) is 1. The topological polar surface area (TPSA) is 57.6 Å². The van der Waals surface area contributed by atoms with Crippen molar-refractivity contribution in [3.8, 4) is 0 Å². The van der Waals surface area contributed by atoms with Gasteiger partial charge in [-0.15, -0.1) is 11.8 Å². The number of carboxylic acids is 1. The fourth-order valence-electron chi connectivity index (χ4n) is 1.06. The van der Waals surface area contributed by atoms with E-state index < -0.39 is 5.97 Å². The normalized spacial score (nSPS) is 9.81. The number of aliphatic carboxylic acids is 1. The molecule has 0 saturated heterocycles. The lowest BCUT2D eigenvalue weighted by Gasteiger charge is -2.13. The van der Waals surface area contributed by atoms with E-state index >= 15 is 0 Å². The first-order valence-electron chi connectivity index (χ1n) is 4.73. The third-order valence-electron chi connectivity index (χ3n) is 1.90. The van der Waals surface area contributed by atoms with Crippen LogP contribution in [0, 0.1) is 0 Å². The van der Waals surface area contributed by atoms with E-state index in [1.165, 1.54) is 23.7 Å². The Morgan fingerprint density at radius 1 is 1.31 bits per heavy atom. The van der Waals surface area contributed by atoms with Gasteiger partial charge in [-0.05, 0) is 12.1 Å². The van der Waals surface area contributed by atoms with Crippen molar-refractivity contribution in [2.24, 2.45) is 0 Å². The van der Waals surface area contributed by atoms with Crippen LogP contribution in [-0.4, -0.2) is 41.2 Å². The monoisotopic (exact) mass is 239 g/mol. The molecule has 1 amide bonds. The van der Waals surface area contributed by atoms with Crippen molar-refractivity contribution < 1.29 is 14.7 Å². The summed E-state index contributed by atoms with van der Waals surface area (Å²) in [6.45, 7) is -0.256. The number of rotatable bonds is 5. The van der Waals surface area contributed by atoms with E-state index in [2.05, 4.69) is 0 Å². The van der Waals surface area contributed by atoms with E-state index in [-0.39, 0.29) is 18.2 Å². The smallest absolute Gasteiger partial charge is 0.323 e. The minimum atomic E-state index is -0.999. The number of nitrogens with zero attached hydrogens (tertiary/aromatic N) is 1. The van der Waals surface area contributed by atoms with Crippen LogP contribution in [0.1, 0.15) is 0 Å². The average Bonchev–Trinajstić information content (AvgIpc) is 2.26. The molecule has 16 heavy (non-hydrogen) atoms. The lowest BCUT2D eigenvalue weighted by molar-refractivity contribution is -0.142. The molecular formula is C11H13NO3S. The van der Waals surface area contributed by atoms with Gasteiger partial charge >= 0.3 is 5.97 Å². The summed E-state index contributed by atoms with van der Waals surface area (Å²) in [4.78, 5) is 24.1. The molecule has 0 aromatic heterocycles. The molecule has 1 aromatic carbocycles. The van der Waals surface area contributed by atoms with Crippen molar-refractivity contribution in [2.45, 2.75) is 4.90 Å². The molecule has 0 atom stereocenters. The van der Waals surface area contributed by atoms with Crippen LogP contribution in [0.4, 0.5) is 0 Å². The maximum Gasteiger partial charge on any atom is 0.323 e. The number of hydrogen-bond acceptors (Lipinski definition) is 3. The van der Waals surface area contributed by atoms with E-state index in [0.717, 1.165) is 4.90 Å². The highest BCUT2D eigenvalue weighted by molar-refractivity contribution is 8.00. The van der Waals surface area contributed by atoms with Crippen molar-refractivity contribution in [2.75, 3.05) is 19.3 Å². The molecule has 0 unspecified atom stereocenters. The van der Waals surface area contributed by atoms with E-state index in [0.29, 0.717) is 0 Å². The second-order valence-corrected chi connectivity index (χ2v) is 4.29. The Hall–Kier alpha value is -1.49. The van der Waals surface area contributed by atoms with Gasteiger partial charge < -0.3 is 10.0 Å². The number of carbonyl (C=O) groups is 2. The molecule has 0 aliphatic heterocycles. The zero-order valence-electron chi connectivity index (χ0n) is 8.92. The molecule has 0 heterocycles. The maximum atomic E-state index is 11.5. The standard InChI is InChI=1S/C11H13NO3S/c1-12(7-11(14)15)10(13)8-16-9-5-3-2-4-6-9/h2-6H,7-8H2,1H3,(H,14,15). The maximum absolute atomic E-state index is 11.5. The third-order valence-corrected chi connectivity index (χ3v) is 2.90. The zero-order chi connectivity index (χ0) is 12.0. The number of benzene rings is 1. The Bertz CT molecular complexity index is 367. The average molecular weight is 239 g/mol. The third kappa shape index (κ3) is 4.35. The van der Waals surface area contributed by atoms with Crippen molar-refractivity contribution in [1.82, 2.24) is 4.90 Å². The molecular weight excluding hydrogens is 226 g/mol. The minimum Gasteiger partial charge on any atom is -0.480 e. The van der Waals surface area contributed by atoms with Crippen LogP contribution in [0.5, 0.6) is 0 Å². The molecule has 5 heteroatoms. The van der Waals surface area contributed by atoms with Gasteiger partial charge in [-0.2, -0.15) is 0 Å². The first kappa shape index (κ1) is 12.6. The highest BCUT2D eigenvalue weighted by atomic mass is 32.2. The summed E-state index contributed by atoms with van der Waals surface area (Å²) in [5.41, 5.74) is 0. The molecule has 0 radical (unpaired) electrons. The van der Waals surface area contributed by atoms with Crippen LogP contribution >= 0.6 is 11.8 Å². The van der Waals surface area contributed by atoms with Crippen LogP contribution in [-0.2, 0) is 9.59 Å². The second-order valence-electron chi connectivity index (χ2n) is 3.25. The summed E-state index contributed by atoms with van der Waals surface area (Å²) in [6.07, 6.45) is 0. The van der Waals surface area contributed by atoms with Crippen molar-refractivity contribution in [1.29, 1.82) is 0 Å². The largest absolute Gasteiger partial charge is 0.480 e. The van der Waals surface area contributed by atoms with Gasteiger partial charge in [0.05, 0.1) is 5.75 Å². The zero-order valence-corrected chi connectivity index (χ0v) is 9.74. The highest BCUT2D eigenvalue weighted by Crippen LogP contribution is 2.16. The highest BCUT2D eigenvalue weighted by Gasteiger charge is 2.11. The fraction of sp³-hybridized carbons (Fsp3) is 0.273. The summed E-state index contributed by atoms with van der Waals surface area (Å²) < 4.78 is 0. The molecule has 0 saturated carbocycles. The number of carbonyl (C=O) groups excluding carboxylic acids is 1. The Balaban J connectivity index is 2.38. The van der Waals surface area contributed by atoms with E-state index in [4.69, 9.17) is 5.11 Å². The molecule has 1 N–H and O–H groups in total. The van der Waals surface area contributed by atoms with Gasteiger partial charge in [0.1, 0.15) is 6.54 Å². The predicted molar refractivity (Wildman–Crippen MR) is 62.4 cm³/mol. The first-order chi connectivity index (χ1) is 7.59. The van der Waals surface area contributed by atoms with Crippen LogP contribution in [0.25, 0.3) is 0 Å². The Morgan fingerprint density at radius 2 is 1.94 bits per heavy atom. The van der Waals surface area contributed by atoms with Crippen LogP contribution in [0.2, 0.25) is 0 Å². The van der Waals surface area contributed by atoms with Gasteiger partial charge in [0.25, 0.3) is 0 Å². The molecule has 1 rings (SSSR count). The van der Waals surface area contributed by atoms with Crippen molar-refractivity contribution in [3.63, 3.8) is 0 Å². The fourth-order valence-corrected chi connectivity index (χ4v) is 1.92. The molecule has 0 bridgehead atoms. The van der Waals surface area contributed by atoms with E-state index in [1.54, 1.807) is 0 Å². The van der Waals surface area contributed by atoms with Crippen molar-refractivity contribution >= 4 is 23.6 Å². The summed E-state index contributed by atoms with van der Waals surface area (Å²) >= 11 is 1.40. The number of hydrogen-bond donors (Lipinski definition) is 1. The Morgan fingerprint density at radius 3 is 2.50 bits per heavy atom. The van der Waals surface area contributed by atoms with Gasteiger partial charge in [0.2, 0.25) is 5.91 Å². The lowest BCUT2D eigenvalue weighted by Crippen LogP contribution is -2.33. The lowest BCUT2D eigenvalue weighted by atomic mass is 10.4. The molecule has 0 aliphatic carbocycles. The van der Waals surface area contributed by atoms with Gasteiger partial charge in [-0.1, -0.05) is 18.2 Å². The number of amides is 1. The summed E-state index contributed by atoms with van der Waals surface area (Å²) in [6, 6.07) is 9.52. The van der Waals surface area contributed by atoms with Gasteiger partial charge in [-0.25, -0.2) is 0 Å². The molecule has 0 aliphatic rings. The van der Waals surface area contributed by atoms with Crippen LogP contribution < -0.4 is 0 Å². The summed E-state index contributed by atoms with van der Waals surface area (Å²) in [7, 11) is 1.49. The Kier molecular flexibility index (Phi) is 4.85. The van der Waals surface area contributed by atoms with Crippen LogP contribution in [0.3, 0.4) is 0 Å². The van der Waals surface area contributed by atoms with Gasteiger partial charge in [0, 0.05) is 11.9 Å². The molecule has 0 spiro atoms.